The van der Waals surface area contributed by atoms with Gasteiger partial charge in [0.1, 0.15) is 6.54 Å². The Morgan fingerprint density at radius 2 is 1.83 bits per heavy atom. The lowest BCUT2D eigenvalue weighted by Gasteiger charge is -2.12. The summed E-state index contributed by atoms with van der Waals surface area (Å²) in [5.74, 6) is -1.32. The predicted octanol–water partition coefficient (Wildman–Crippen LogP) is 1.48. The van der Waals surface area contributed by atoms with Crippen LogP contribution in [0.4, 0.5) is 18.9 Å². The van der Waals surface area contributed by atoms with Crippen molar-refractivity contribution >= 4 is 21.5 Å². The van der Waals surface area contributed by atoms with E-state index in [9.17, 15) is 26.4 Å². The van der Waals surface area contributed by atoms with E-state index in [1.165, 1.54) is 6.07 Å². The van der Waals surface area contributed by atoms with Crippen LogP contribution in [0.2, 0.25) is 0 Å². The molecule has 0 bridgehead atoms. The summed E-state index contributed by atoms with van der Waals surface area (Å²) in [5.41, 5.74) is -5.84. The van der Waals surface area contributed by atoms with Gasteiger partial charge in [0.25, 0.3) is 9.84 Å². The van der Waals surface area contributed by atoms with Crippen LogP contribution >= 0.6 is 0 Å². The van der Waals surface area contributed by atoms with Gasteiger partial charge in [-0.25, -0.2) is 8.42 Å². The van der Waals surface area contributed by atoms with Crippen molar-refractivity contribution in [3.05, 3.63) is 24.3 Å². The van der Waals surface area contributed by atoms with Crippen molar-refractivity contribution in [2.45, 2.75) is 10.4 Å². The lowest BCUT2D eigenvalue weighted by atomic mass is 10.3. The Hall–Kier alpha value is -1.77. The first kappa shape index (κ1) is 14.3. The molecule has 0 aromatic heterocycles. The highest BCUT2D eigenvalue weighted by Crippen LogP contribution is 2.33. The molecule has 0 aliphatic heterocycles. The number of sulfone groups is 1. The topological polar surface area (TPSA) is 83.5 Å². The zero-order valence-electron chi connectivity index (χ0n) is 8.73. The quantitative estimate of drug-likeness (QED) is 0.874. The molecule has 2 N–H and O–H groups in total. The van der Waals surface area contributed by atoms with E-state index in [1.54, 1.807) is 0 Å². The Labute approximate surface area is 100 Å². The Morgan fingerprint density at radius 3 is 2.33 bits per heavy atom. The van der Waals surface area contributed by atoms with Gasteiger partial charge in [-0.1, -0.05) is 12.1 Å². The maximum Gasteiger partial charge on any atom is 0.501 e. The number of rotatable bonds is 4. The minimum absolute atomic E-state index is 0.405. The first-order chi connectivity index (χ1) is 8.16. The van der Waals surface area contributed by atoms with Crippen LogP contribution in [-0.2, 0) is 14.6 Å². The number of hydrogen-bond donors (Lipinski definition) is 2. The van der Waals surface area contributed by atoms with Gasteiger partial charge in [-0.15, -0.1) is 0 Å². The standard InChI is InChI=1S/C9H8F3NO4S/c10-9(11,12)18(16,17)7-4-2-1-3-6(7)13-5-8(14)15/h1-4,13H,5H2,(H,14,15). The number of carbonyl (C=O) groups is 1. The van der Waals surface area contributed by atoms with Gasteiger partial charge >= 0.3 is 11.5 Å². The number of halogens is 3. The summed E-state index contributed by atoms with van der Waals surface area (Å²) in [6.07, 6.45) is 0. The largest absolute Gasteiger partial charge is 0.501 e. The van der Waals surface area contributed by atoms with Gasteiger partial charge in [0.05, 0.1) is 10.6 Å². The van der Waals surface area contributed by atoms with E-state index in [1.807, 2.05) is 0 Å². The Balaban J connectivity index is 3.22. The van der Waals surface area contributed by atoms with Gasteiger partial charge in [0.15, 0.2) is 0 Å². The average Bonchev–Trinajstić information content (AvgIpc) is 2.25. The third kappa shape index (κ3) is 2.92. The van der Waals surface area contributed by atoms with Crippen LogP contribution in [0.15, 0.2) is 29.2 Å². The number of alkyl halides is 3. The molecule has 0 unspecified atom stereocenters. The van der Waals surface area contributed by atoms with Crippen LogP contribution in [0.3, 0.4) is 0 Å². The summed E-state index contributed by atoms with van der Waals surface area (Å²) in [6.45, 7) is -0.690. The third-order valence-corrected chi connectivity index (χ3v) is 3.46. The highest BCUT2D eigenvalue weighted by atomic mass is 32.2. The van der Waals surface area contributed by atoms with Gasteiger partial charge < -0.3 is 10.4 Å². The first-order valence-electron chi connectivity index (χ1n) is 4.52. The maximum absolute atomic E-state index is 12.4. The molecule has 9 heteroatoms. The van der Waals surface area contributed by atoms with E-state index in [2.05, 4.69) is 5.32 Å². The van der Waals surface area contributed by atoms with E-state index in [-0.39, 0.29) is 0 Å². The number of aliphatic carboxylic acids is 1. The van der Waals surface area contributed by atoms with Gasteiger partial charge in [-0.2, -0.15) is 13.2 Å². The summed E-state index contributed by atoms with van der Waals surface area (Å²) in [6, 6.07) is 4.22. The summed E-state index contributed by atoms with van der Waals surface area (Å²) in [4.78, 5) is 9.30. The van der Waals surface area contributed by atoms with Crippen molar-refractivity contribution in [2.24, 2.45) is 0 Å². The molecule has 0 aliphatic carbocycles. The van der Waals surface area contributed by atoms with Crippen LogP contribution in [0.1, 0.15) is 0 Å². The molecule has 18 heavy (non-hydrogen) atoms. The number of carboxylic acid groups (broad SMARTS) is 1. The second-order valence-corrected chi connectivity index (χ2v) is 5.10. The fourth-order valence-corrected chi connectivity index (χ4v) is 2.08. The van der Waals surface area contributed by atoms with Crippen molar-refractivity contribution in [1.82, 2.24) is 0 Å². The Morgan fingerprint density at radius 1 is 1.28 bits per heavy atom. The van der Waals surface area contributed by atoms with Gasteiger partial charge in [-0.3, -0.25) is 4.79 Å². The zero-order valence-corrected chi connectivity index (χ0v) is 9.55. The molecule has 0 spiro atoms. The van der Waals surface area contributed by atoms with Crippen LogP contribution < -0.4 is 5.32 Å². The van der Waals surface area contributed by atoms with Gasteiger partial charge in [0.2, 0.25) is 0 Å². The number of anilines is 1. The monoisotopic (exact) mass is 283 g/mol. The van der Waals surface area contributed by atoms with Crippen molar-refractivity contribution in [2.75, 3.05) is 11.9 Å². The van der Waals surface area contributed by atoms with Crippen LogP contribution in [0, 0.1) is 0 Å². The number of para-hydroxylation sites is 1. The highest BCUT2D eigenvalue weighted by molar-refractivity contribution is 7.92. The zero-order chi connectivity index (χ0) is 14.0. The Bertz CT molecular complexity index is 553. The van der Waals surface area contributed by atoms with Crippen molar-refractivity contribution in [1.29, 1.82) is 0 Å². The SMILES string of the molecule is O=C(O)CNc1ccccc1S(=O)(=O)C(F)(F)F. The minimum Gasteiger partial charge on any atom is -0.480 e. The van der Waals surface area contributed by atoms with E-state index in [0.717, 1.165) is 18.2 Å². The van der Waals surface area contributed by atoms with Crippen LogP contribution in [0.5, 0.6) is 0 Å². The Kier molecular flexibility index (Phi) is 3.85. The molecule has 0 saturated carbocycles. The number of nitrogens with one attached hydrogen (secondary N) is 1. The molecule has 0 heterocycles. The second kappa shape index (κ2) is 4.84. The number of benzene rings is 1. The number of hydrogen-bond acceptors (Lipinski definition) is 4. The molecule has 0 atom stereocenters. The van der Waals surface area contributed by atoms with Crippen LogP contribution in [0.25, 0.3) is 0 Å². The molecule has 0 aliphatic rings. The second-order valence-electron chi connectivity index (χ2n) is 3.19. The predicted molar refractivity (Wildman–Crippen MR) is 55.8 cm³/mol. The summed E-state index contributed by atoms with van der Waals surface area (Å²) in [7, 11) is -5.51. The smallest absolute Gasteiger partial charge is 0.480 e. The van der Waals surface area contributed by atoms with Gasteiger partial charge in [-0.05, 0) is 12.1 Å². The van der Waals surface area contributed by atoms with Crippen LogP contribution in [-0.4, -0.2) is 31.5 Å². The lowest BCUT2D eigenvalue weighted by molar-refractivity contribution is -0.134. The van der Waals surface area contributed by atoms with E-state index in [4.69, 9.17) is 5.11 Å². The van der Waals surface area contributed by atoms with Crippen molar-refractivity contribution < 1.29 is 31.5 Å². The third-order valence-electron chi connectivity index (χ3n) is 1.91. The number of carboxylic acids is 1. The first-order valence-corrected chi connectivity index (χ1v) is 6.00. The molecular weight excluding hydrogens is 275 g/mol. The summed E-state index contributed by atoms with van der Waals surface area (Å²) < 4.78 is 59.5. The van der Waals surface area contributed by atoms with Crippen molar-refractivity contribution in [3.63, 3.8) is 0 Å². The molecule has 0 fully saturated rings. The molecular formula is C9H8F3NO4S. The molecule has 1 rings (SSSR count). The van der Waals surface area contributed by atoms with E-state index >= 15 is 0 Å². The molecule has 0 amide bonds. The van der Waals surface area contributed by atoms with E-state index in [0.29, 0.717) is 0 Å². The lowest BCUT2D eigenvalue weighted by Crippen LogP contribution is -2.25. The molecule has 0 saturated heterocycles. The van der Waals surface area contributed by atoms with E-state index < -0.39 is 38.4 Å². The van der Waals surface area contributed by atoms with Gasteiger partial charge in [0, 0.05) is 0 Å². The molecule has 100 valence electrons. The molecule has 5 nitrogen and oxygen atoms in total. The fraction of sp³-hybridized carbons (Fsp3) is 0.222. The molecule has 1 aromatic rings. The summed E-state index contributed by atoms with van der Waals surface area (Å²) in [5, 5.41) is 10.5. The average molecular weight is 283 g/mol. The highest BCUT2D eigenvalue weighted by Gasteiger charge is 2.47. The normalized spacial score (nSPS) is 12.2. The van der Waals surface area contributed by atoms with Crippen molar-refractivity contribution in [3.8, 4) is 0 Å². The summed E-state index contributed by atoms with van der Waals surface area (Å²) >= 11 is 0. The minimum atomic E-state index is -5.51. The molecule has 1 aromatic carbocycles. The molecule has 0 radical (unpaired) electrons. The fourth-order valence-electron chi connectivity index (χ4n) is 1.14. The maximum atomic E-state index is 12.4.